The van der Waals surface area contributed by atoms with Gasteiger partial charge < -0.3 is 20.3 Å². The third-order valence-corrected chi connectivity index (χ3v) is 2.52. The lowest BCUT2D eigenvalue weighted by molar-refractivity contribution is -0.149. The SMILES string of the molecule is COC(CC(C)(O)C(C)CN)OC. The lowest BCUT2D eigenvalue weighted by Crippen LogP contribution is -2.41. The summed E-state index contributed by atoms with van der Waals surface area (Å²) in [5.74, 6) is 0.0281. The summed E-state index contributed by atoms with van der Waals surface area (Å²) >= 11 is 0. The van der Waals surface area contributed by atoms with E-state index in [1.54, 1.807) is 21.1 Å². The molecule has 0 aromatic rings. The van der Waals surface area contributed by atoms with Crippen LogP contribution in [-0.2, 0) is 9.47 Å². The van der Waals surface area contributed by atoms with Gasteiger partial charge in [-0.2, -0.15) is 0 Å². The van der Waals surface area contributed by atoms with Crippen LogP contribution in [0.1, 0.15) is 20.3 Å². The third-order valence-electron chi connectivity index (χ3n) is 2.52. The predicted molar refractivity (Wildman–Crippen MR) is 51.3 cm³/mol. The van der Waals surface area contributed by atoms with E-state index in [-0.39, 0.29) is 12.2 Å². The quantitative estimate of drug-likeness (QED) is 0.594. The van der Waals surface area contributed by atoms with Crippen LogP contribution in [0.4, 0.5) is 0 Å². The fourth-order valence-electron chi connectivity index (χ4n) is 1.06. The van der Waals surface area contributed by atoms with Crippen molar-refractivity contribution in [3.8, 4) is 0 Å². The Bertz CT molecular complexity index is 135. The molecule has 0 fully saturated rings. The molecule has 4 heteroatoms. The Morgan fingerprint density at radius 3 is 2.15 bits per heavy atom. The fourth-order valence-corrected chi connectivity index (χ4v) is 1.06. The zero-order valence-electron chi connectivity index (χ0n) is 8.91. The highest BCUT2D eigenvalue weighted by Gasteiger charge is 2.30. The lowest BCUT2D eigenvalue weighted by atomic mass is 9.87. The second-order valence-corrected chi connectivity index (χ2v) is 3.60. The fraction of sp³-hybridized carbons (Fsp3) is 1.00. The largest absolute Gasteiger partial charge is 0.390 e. The minimum atomic E-state index is -0.842. The summed E-state index contributed by atoms with van der Waals surface area (Å²) < 4.78 is 10.0. The van der Waals surface area contributed by atoms with Crippen LogP contribution in [0.2, 0.25) is 0 Å². The molecule has 80 valence electrons. The van der Waals surface area contributed by atoms with Crippen LogP contribution in [0.25, 0.3) is 0 Å². The molecular weight excluding hydrogens is 170 g/mol. The van der Waals surface area contributed by atoms with E-state index in [1.807, 2.05) is 6.92 Å². The number of ether oxygens (including phenoxy) is 2. The predicted octanol–water partition coefficient (Wildman–Crippen LogP) is 0.341. The van der Waals surface area contributed by atoms with Crippen LogP contribution in [0.15, 0.2) is 0 Å². The van der Waals surface area contributed by atoms with E-state index in [0.717, 1.165) is 0 Å². The van der Waals surface area contributed by atoms with Crippen molar-refractivity contribution in [3.05, 3.63) is 0 Å². The molecule has 4 nitrogen and oxygen atoms in total. The second-order valence-electron chi connectivity index (χ2n) is 3.60. The number of methoxy groups -OCH3 is 2. The first-order valence-electron chi connectivity index (χ1n) is 4.46. The van der Waals surface area contributed by atoms with Crippen LogP contribution >= 0.6 is 0 Å². The molecule has 0 bridgehead atoms. The van der Waals surface area contributed by atoms with E-state index in [9.17, 15) is 5.11 Å². The number of hydrogen-bond donors (Lipinski definition) is 2. The second kappa shape index (κ2) is 5.54. The molecule has 13 heavy (non-hydrogen) atoms. The molecule has 0 saturated carbocycles. The molecule has 3 N–H and O–H groups in total. The van der Waals surface area contributed by atoms with Crippen LogP contribution < -0.4 is 5.73 Å². The van der Waals surface area contributed by atoms with Gasteiger partial charge in [0.05, 0.1) is 5.60 Å². The van der Waals surface area contributed by atoms with Crippen molar-refractivity contribution in [3.63, 3.8) is 0 Å². The molecule has 0 aromatic carbocycles. The van der Waals surface area contributed by atoms with Crippen LogP contribution in [-0.4, -0.2) is 37.8 Å². The molecule has 0 aliphatic rings. The smallest absolute Gasteiger partial charge is 0.159 e. The van der Waals surface area contributed by atoms with Gasteiger partial charge in [0, 0.05) is 20.6 Å². The van der Waals surface area contributed by atoms with E-state index < -0.39 is 5.60 Å². The molecule has 0 spiro atoms. The van der Waals surface area contributed by atoms with E-state index in [1.165, 1.54) is 0 Å². The number of aliphatic hydroxyl groups is 1. The van der Waals surface area contributed by atoms with E-state index in [0.29, 0.717) is 13.0 Å². The van der Waals surface area contributed by atoms with Crippen molar-refractivity contribution < 1.29 is 14.6 Å². The van der Waals surface area contributed by atoms with Gasteiger partial charge in [0.2, 0.25) is 0 Å². The molecule has 2 atom stereocenters. The van der Waals surface area contributed by atoms with Gasteiger partial charge in [0.15, 0.2) is 6.29 Å². The van der Waals surface area contributed by atoms with Gasteiger partial charge in [-0.25, -0.2) is 0 Å². The van der Waals surface area contributed by atoms with Crippen molar-refractivity contribution in [1.29, 1.82) is 0 Å². The van der Waals surface area contributed by atoms with Gasteiger partial charge >= 0.3 is 0 Å². The summed E-state index contributed by atoms with van der Waals surface area (Å²) in [4.78, 5) is 0. The molecule has 0 aliphatic heterocycles. The van der Waals surface area contributed by atoms with Crippen molar-refractivity contribution in [1.82, 2.24) is 0 Å². The number of hydrogen-bond acceptors (Lipinski definition) is 4. The molecule has 0 radical (unpaired) electrons. The topological polar surface area (TPSA) is 64.7 Å². The average molecular weight is 191 g/mol. The molecule has 0 aliphatic carbocycles. The first kappa shape index (κ1) is 12.8. The highest BCUT2D eigenvalue weighted by molar-refractivity contribution is 4.80. The Kier molecular flexibility index (Phi) is 5.48. The van der Waals surface area contributed by atoms with Gasteiger partial charge in [-0.05, 0) is 19.4 Å². The average Bonchev–Trinajstić information content (AvgIpc) is 2.12. The summed E-state index contributed by atoms with van der Waals surface area (Å²) in [6.45, 7) is 4.10. The number of rotatable bonds is 6. The Morgan fingerprint density at radius 1 is 1.38 bits per heavy atom. The summed E-state index contributed by atoms with van der Waals surface area (Å²) in [6.07, 6.45) is 0.0576. The Hall–Kier alpha value is -0.160. The van der Waals surface area contributed by atoms with Gasteiger partial charge in [-0.1, -0.05) is 6.92 Å². The maximum absolute atomic E-state index is 9.98. The van der Waals surface area contributed by atoms with Crippen LogP contribution in [0.5, 0.6) is 0 Å². The molecule has 0 saturated heterocycles. The van der Waals surface area contributed by atoms with Crippen LogP contribution in [0.3, 0.4) is 0 Å². The van der Waals surface area contributed by atoms with Crippen LogP contribution in [0, 0.1) is 5.92 Å². The highest BCUT2D eigenvalue weighted by Crippen LogP contribution is 2.22. The first-order valence-corrected chi connectivity index (χ1v) is 4.46. The van der Waals surface area contributed by atoms with Gasteiger partial charge in [0.25, 0.3) is 0 Å². The minimum Gasteiger partial charge on any atom is -0.390 e. The zero-order valence-corrected chi connectivity index (χ0v) is 8.91. The normalized spacial score (nSPS) is 18.7. The molecule has 0 aromatic heterocycles. The Morgan fingerprint density at radius 2 is 1.85 bits per heavy atom. The van der Waals surface area contributed by atoms with Crippen molar-refractivity contribution >= 4 is 0 Å². The van der Waals surface area contributed by atoms with E-state index in [4.69, 9.17) is 15.2 Å². The van der Waals surface area contributed by atoms with E-state index >= 15 is 0 Å². The summed E-state index contributed by atoms with van der Waals surface area (Å²) in [5.41, 5.74) is 4.63. The van der Waals surface area contributed by atoms with Crippen molar-refractivity contribution in [2.24, 2.45) is 11.7 Å². The molecule has 0 amide bonds. The third kappa shape index (κ3) is 4.04. The maximum atomic E-state index is 9.98. The summed E-state index contributed by atoms with van der Waals surface area (Å²) in [6, 6.07) is 0. The Labute approximate surface area is 80.0 Å². The summed E-state index contributed by atoms with van der Waals surface area (Å²) in [7, 11) is 3.11. The summed E-state index contributed by atoms with van der Waals surface area (Å²) in [5, 5.41) is 9.98. The lowest BCUT2D eigenvalue weighted by Gasteiger charge is -2.31. The van der Waals surface area contributed by atoms with Gasteiger partial charge in [-0.15, -0.1) is 0 Å². The van der Waals surface area contributed by atoms with E-state index in [2.05, 4.69) is 0 Å². The standard InChI is InChI=1S/C9H21NO3/c1-7(6-10)9(2,11)5-8(12-3)13-4/h7-8,11H,5-6,10H2,1-4H3. The number of nitrogens with two attached hydrogens (primary N) is 1. The molecule has 0 rings (SSSR count). The zero-order chi connectivity index (χ0) is 10.5. The first-order chi connectivity index (χ1) is 5.97. The maximum Gasteiger partial charge on any atom is 0.159 e. The van der Waals surface area contributed by atoms with Gasteiger partial charge in [0.1, 0.15) is 0 Å². The van der Waals surface area contributed by atoms with Gasteiger partial charge in [-0.3, -0.25) is 0 Å². The molecule has 0 heterocycles. The highest BCUT2D eigenvalue weighted by atomic mass is 16.7. The minimum absolute atomic E-state index is 0.0281. The van der Waals surface area contributed by atoms with Crippen molar-refractivity contribution in [2.45, 2.75) is 32.2 Å². The molecule has 2 unspecified atom stereocenters. The molecular formula is C9H21NO3. The van der Waals surface area contributed by atoms with Crippen molar-refractivity contribution in [2.75, 3.05) is 20.8 Å². The Balaban J connectivity index is 4.13. The monoisotopic (exact) mass is 191 g/mol.